The van der Waals surface area contributed by atoms with Crippen LogP contribution in [-0.4, -0.2) is 37.1 Å². The molecule has 1 saturated heterocycles. The molecule has 1 fully saturated rings. The molecule has 6 nitrogen and oxygen atoms in total. The molecular weight excluding hydrogens is 368 g/mol. The summed E-state index contributed by atoms with van der Waals surface area (Å²) in [5.41, 5.74) is 2.44. The van der Waals surface area contributed by atoms with Gasteiger partial charge in [-0.05, 0) is 32.4 Å². The van der Waals surface area contributed by atoms with Crippen LogP contribution in [0, 0.1) is 18.8 Å². The van der Waals surface area contributed by atoms with Gasteiger partial charge < -0.3 is 14.1 Å². The topological polar surface area (TPSA) is 63.0 Å². The molecule has 0 saturated carbocycles. The average Bonchev–Trinajstić information content (AvgIpc) is 2.93. The fourth-order valence-electron chi connectivity index (χ4n) is 5.11. The van der Waals surface area contributed by atoms with E-state index >= 15 is 0 Å². The van der Waals surface area contributed by atoms with Crippen molar-refractivity contribution in [2.24, 2.45) is 11.8 Å². The number of carbonyl (C=O) groups is 1. The molecule has 0 radical (unpaired) electrons. The lowest BCUT2D eigenvalue weighted by atomic mass is 9.82. The number of likely N-dealkylation sites (N-methyl/N-ethyl adjacent to an activating group) is 1. The highest BCUT2D eigenvalue weighted by Crippen LogP contribution is 2.49. The predicted molar refractivity (Wildman–Crippen MR) is 111 cm³/mol. The van der Waals surface area contributed by atoms with Crippen molar-refractivity contribution in [1.29, 1.82) is 0 Å². The van der Waals surface area contributed by atoms with Gasteiger partial charge in [0.1, 0.15) is 11.8 Å². The van der Waals surface area contributed by atoms with Crippen molar-refractivity contribution in [3.05, 3.63) is 63.7 Å². The largest absolute Gasteiger partial charge is 0.465 e. The third-order valence-corrected chi connectivity index (χ3v) is 6.36. The third kappa shape index (κ3) is 3.35. The number of likely N-dealkylation sites (tertiary alicyclic amines) is 1. The summed E-state index contributed by atoms with van der Waals surface area (Å²) in [6.45, 7) is 7.54. The van der Waals surface area contributed by atoms with Crippen LogP contribution in [0.15, 0.2) is 45.6 Å². The number of esters is 1. The molecule has 154 valence electrons. The number of ether oxygens (including phenoxy) is 1. The fraction of sp³-hybridized carbons (Fsp3) is 0.478. The second-order valence-corrected chi connectivity index (χ2v) is 8.14. The van der Waals surface area contributed by atoms with Crippen LogP contribution in [0.4, 0.5) is 5.69 Å². The first-order valence-electron chi connectivity index (χ1n) is 10.2. The second-order valence-electron chi connectivity index (χ2n) is 8.14. The molecule has 6 heteroatoms. The molecule has 3 heterocycles. The summed E-state index contributed by atoms with van der Waals surface area (Å²) < 4.78 is 10.8. The molecule has 2 aromatic rings. The number of benzene rings is 1. The van der Waals surface area contributed by atoms with E-state index in [0.29, 0.717) is 24.5 Å². The van der Waals surface area contributed by atoms with Crippen LogP contribution in [0.25, 0.3) is 0 Å². The first kappa shape index (κ1) is 19.7. The maximum Gasteiger partial charge on any atom is 0.342 e. The minimum Gasteiger partial charge on any atom is -0.465 e. The zero-order chi connectivity index (χ0) is 20.7. The van der Waals surface area contributed by atoms with Gasteiger partial charge in [-0.3, -0.25) is 9.69 Å². The molecule has 4 rings (SSSR count). The summed E-state index contributed by atoms with van der Waals surface area (Å²) in [7, 11) is 1.92. The van der Waals surface area contributed by atoms with Gasteiger partial charge in [0.05, 0.1) is 17.9 Å². The number of hydrogen-bond acceptors (Lipinski definition) is 6. The maximum atomic E-state index is 12.9. The number of carbonyl (C=O) groups excluding carboxylic acids is 1. The molecule has 2 aliphatic rings. The molecule has 0 unspecified atom stereocenters. The van der Waals surface area contributed by atoms with E-state index in [2.05, 4.69) is 24.0 Å². The van der Waals surface area contributed by atoms with Crippen molar-refractivity contribution < 1.29 is 13.9 Å². The minimum atomic E-state index is -0.366. The average molecular weight is 396 g/mol. The lowest BCUT2D eigenvalue weighted by Crippen LogP contribution is -2.42. The standard InChI is InChI=1S/C23H28N2O4/c1-5-28-23(27)20-15(3)17-13-25(12-16-9-7-6-8-10-16)18-11-14(2)29-22(26)19(18)21(17)24(20)4/h6-11,15,17,20-21H,5,12-13H2,1-4H3/t15-,17-,20+,21+/m0/s1. The SMILES string of the molecule is CCOC(=O)[C@H]1[C@@H](C)[C@@H]2CN(Cc3ccccc3)c3cc(C)oc(=O)c3[C@@H]2N1C. The van der Waals surface area contributed by atoms with Crippen LogP contribution in [0.2, 0.25) is 0 Å². The zero-order valence-electron chi connectivity index (χ0n) is 17.4. The maximum absolute atomic E-state index is 12.9. The molecule has 0 aliphatic carbocycles. The summed E-state index contributed by atoms with van der Waals surface area (Å²) in [6.07, 6.45) is 0. The molecule has 1 aromatic heterocycles. The Morgan fingerprint density at radius 1 is 1.28 bits per heavy atom. The molecule has 1 aromatic carbocycles. The van der Waals surface area contributed by atoms with E-state index in [-0.39, 0.29) is 35.5 Å². The van der Waals surface area contributed by atoms with E-state index in [1.54, 1.807) is 6.92 Å². The summed E-state index contributed by atoms with van der Waals surface area (Å²) in [6, 6.07) is 11.7. The van der Waals surface area contributed by atoms with E-state index in [4.69, 9.17) is 9.15 Å². The van der Waals surface area contributed by atoms with Crippen molar-refractivity contribution in [2.75, 3.05) is 25.1 Å². The minimum absolute atomic E-state index is 0.0659. The molecular formula is C23H28N2O4. The summed E-state index contributed by atoms with van der Waals surface area (Å²) in [5.74, 6) is 0.581. The van der Waals surface area contributed by atoms with Gasteiger partial charge in [-0.15, -0.1) is 0 Å². The number of fused-ring (bicyclic) bond motifs is 3. The molecule has 0 bridgehead atoms. The summed E-state index contributed by atoms with van der Waals surface area (Å²) in [5, 5.41) is 0. The van der Waals surface area contributed by atoms with Gasteiger partial charge in [-0.2, -0.15) is 0 Å². The van der Waals surface area contributed by atoms with Crippen molar-refractivity contribution >= 4 is 11.7 Å². The predicted octanol–water partition coefficient (Wildman–Crippen LogP) is 3.14. The van der Waals surface area contributed by atoms with Gasteiger partial charge in [-0.1, -0.05) is 37.3 Å². The third-order valence-electron chi connectivity index (χ3n) is 6.36. The Bertz CT molecular complexity index is 955. The van der Waals surface area contributed by atoms with E-state index in [0.717, 1.165) is 12.2 Å². The van der Waals surface area contributed by atoms with E-state index < -0.39 is 0 Å². The van der Waals surface area contributed by atoms with Gasteiger partial charge in [0, 0.05) is 31.1 Å². The van der Waals surface area contributed by atoms with Crippen molar-refractivity contribution in [3.63, 3.8) is 0 Å². The number of hydrogen-bond donors (Lipinski definition) is 0. The molecule has 29 heavy (non-hydrogen) atoms. The number of aryl methyl sites for hydroxylation is 1. The highest BCUT2D eigenvalue weighted by Gasteiger charge is 2.53. The molecule has 2 aliphatic heterocycles. The first-order valence-corrected chi connectivity index (χ1v) is 10.2. The highest BCUT2D eigenvalue weighted by molar-refractivity contribution is 5.77. The summed E-state index contributed by atoms with van der Waals surface area (Å²) in [4.78, 5) is 29.9. The first-order chi connectivity index (χ1) is 13.9. The molecule has 0 spiro atoms. The van der Waals surface area contributed by atoms with Gasteiger partial charge in [0.2, 0.25) is 0 Å². The Kier molecular flexibility index (Phi) is 5.21. The second kappa shape index (κ2) is 7.67. The molecule has 0 amide bonds. The molecule has 4 atom stereocenters. The van der Waals surface area contributed by atoms with Crippen LogP contribution in [0.5, 0.6) is 0 Å². The smallest absolute Gasteiger partial charge is 0.342 e. The van der Waals surface area contributed by atoms with Gasteiger partial charge in [-0.25, -0.2) is 4.79 Å². The zero-order valence-corrected chi connectivity index (χ0v) is 17.4. The summed E-state index contributed by atoms with van der Waals surface area (Å²) >= 11 is 0. The quantitative estimate of drug-likeness (QED) is 0.740. The van der Waals surface area contributed by atoms with Crippen LogP contribution >= 0.6 is 0 Å². The Morgan fingerprint density at radius 3 is 2.69 bits per heavy atom. The monoisotopic (exact) mass is 396 g/mol. The lowest BCUT2D eigenvalue weighted by molar-refractivity contribution is -0.149. The van der Waals surface area contributed by atoms with Gasteiger partial charge >= 0.3 is 11.6 Å². The molecule has 0 N–H and O–H groups in total. The normalized spacial score (nSPS) is 26.1. The highest BCUT2D eigenvalue weighted by atomic mass is 16.5. The Hall–Kier alpha value is -2.60. The van der Waals surface area contributed by atoms with Crippen LogP contribution in [0.1, 0.15) is 36.8 Å². The van der Waals surface area contributed by atoms with E-state index in [1.807, 2.05) is 43.1 Å². The Morgan fingerprint density at radius 2 is 2.00 bits per heavy atom. The number of rotatable bonds is 4. The van der Waals surface area contributed by atoms with Gasteiger partial charge in [0.15, 0.2) is 0 Å². The van der Waals surface area contributed by atoms with Gasteiger partial charge in [0.25, 0.3) is 0 Å². The van der Waals surface area contributed by atoms with E-state index in [1.165, 1.54) is 5.56 Å². The van der Waals surface area contributed by atoms with Crippen molar-refractivity contribution in [2.45, 2.75) is 39.4 Å². The number of anilines is 1. The Labute approximate surface area is 171 Å². The fourth-order valence-corrected chi connectivity index (χ4v) is 5.11. The van der Waals surface area contributed by atoms with Crippen molar-refractivity contribution in [3.8, 4) is 0 Å². The van der Waals surface area contributed by atoms with E-state index in [9.17, 15) is 9.59 Å². The van der Waals surface area contributed by atoms with Crippen LogP contribution < -0.4 is 10.5 Å². The number of nitrogens with zero attached hydrogens (tertiary/aromatic N) is 2. The Balaban J connectivity index is 1.78. The van der Waals surface area contributed by atoms with Crippen LogP contribution in [0.3, 0.4) is 0 Å². The lowest BCUT2D eigenvalue weighted by Gasteiger charge is -2.40. The van der Waals surface area contributed by atoms with Crippen molar-refractivity contribution in [1.82, 2.24) is 4.90 Å². The van der Waals surface area contributed by atoms with Crippen LogP contribution in [-0.2, 0) is 16.1 Å².